The van der Waals surface area contributed by atoms with Crippen LogP contribution in [0.2, 0.25) is 0 Å². The molecule has 2 aliphatic rings. The van der Waals surface area contributed by atoms with Gasteiger partial charge in [-0.2, -0.15) is 0 Å². The first-order chi connectivity index (χ1) is 11.9. The molecule has 0 bridgehead atoms. The van der Waals surface area contributed by atoms with Gasteiger partial charge in [-0.1, -0.05) is 6.07 Å². The molecule has 0 N–H and O–H groups in total. The van der Waals surface area contributed by atoms with E-state index in [1.807, 2.05) is 13.0 Å². The number of Topliss-reactive ketones (excluding diaryl/α,β-unsaturated/α-hetero) is 1. The Bertz CT molecular complexity index is 963. The average molecular weight is 401 g/mol. The van der Waals surface area contributed by atoms with Crippen LogP contribution in [0.1, 0.15) is 28.4 Å². The van der Waals surface area contributed by atoms with Gasteiger partial charge in [-0.05, 0) is 52.7 Å². The fraction of sp³-hybridized carbons (Fsp3) is 0.158. The van der Waals surface area contributed by atoms with Gasteiger partial charge >= 0.3 is 11.8 Å². The largest absolute Gasteiger partial charge is 0.441 e. The van der Waals surface area contributed by atoms with Crippen molar-refractivity contribution in [2.24, 2.45) is 0 Å². The Labute approximate surface area is 152 Å². The number of fused-ring (bicyclic) bond motifs is 2. The lowest BCUT2D eigenvalue weighted by Gasteiger charge is -2.29. The van der Waals surface area contributed by atoms with Crippen molar-refractivity contribution in [2.45, 2.75) is 19.6 Å². The Kier molecular flexibility index (Phi) is 3.47. The molecule has 0 saturated carbocycles. The monoisotopic (exact) mass is 400 g/mol. The van der Waals surface area contributed by atoms with Crippen molar-refractivity contribution < 1.29 is 23.8 Å². The number of esters is 1. The number of aryl methyl sites for hydroxylation is 1. The van der Waals surface area contributed by atoms with Crippen LogP contribution in [0.3, 0.4) is 0 Å². The lowest BCUT2D eigenvalue weighted by Crippen LogP contribution is -2.45. The standard InChI is InChI=1S/C19H13BrO5/c1-10-3-4-13-16(7-10)25-19(18(13)22)6-5-12-8-14(20)17(23-11(2)21)9-15(12)24-19/h3-9H,1-2H3. The maximum absolute atomic E-state index is 12.8. The minimum atomic E-state index is -1.52. The van der Waals surface area contributed by atoms with Crippen LogP contribution in [0.4, 0.5) is 0 Å². The SMILES string of the molecule is CC(=O)Oc1cc2c(cc1Br)C=CC1(O2)Oc2cc(C)ccc2C1=O. The third-order valence-electron chi connectivity index (χ3n) is 4.02. The smallest absolute Gasteiger partial charge is 0.337 e. The molecule has 0 saturated heterocycles. The lowest BCUT2D eigenvalue weighted by atomic mass is 10.0. The van der Waals surface area contributed by atoms with E-state index in [0.717, 1.165) is 11.1 Å². The summed E-state index contributed by atoms with van der Waals surface area (Å²) in [4.78, 5) is 24.1. The summed E-state index contributed by atoms with van der Waals surface area (Å²) < 4.78 is 17.5. The van der Waals surface area contributed by atoms with Gasteiger partial charge in [0, 0.05) is 24.6 Å². The first-order valence-corrected chi connectivity index (χ1v) is 8.42. The van der Waals surface area contributed by atoms with Gasteiger partial charge in [0.25, 0.3) is 5.78 Å². The van der Waals surface area contributed by atoms with Crippen LogP contribution in [0.5, 0.6) is 17.2 Å². The maximum Gasteiger partial charge on any atom is 0.337 e. The molecule has 1 atom stereocenters. The maximum atomic E-state index is 12.8. The Morgan fingerprint density at radius 3 is 2.68 bits per heavy atom. The molecule has 0 aliphatic carbocycles. The van der Waals surface area contributed by atoms with E-state index in [2.05, 4.69) is 15.9 Å². The fourth-order valence-electron chi connectivity index (χ4n) is 2.87. The van der Waals surface area contributed by atoms with Crippen LogP contribution in [-0.4, -0.2) is 17.5 Å². The third-order valence-corrected chi connectivity index (χ3v) is 4.64. The number of hydrogen-bond acceptors (Lipinski definition) is 5. The van der Waals surface area contributed by atoms with E-state index < -0.39 is 11.8 Å². The topological polar surface area (TPSA) is 61.8 Å². The van der Waals surface area contributed by atoms with Gasteiger partial charge in [0.05, 0.1) is 10.0 Å². The molecule has 2 aromatic rings. The number of benzene rings is 2. The van der Waals surface area contributed by atoms with Gasteiger partial charge in [-0.15, -0.1) is 0 Å². The highest BCUT2D eigenvalue weighted by Crippen LogP contribution is 2.44. The summed E-state index contributed by atoms with van der Waals surface area (Å²) in [6, 6.07) is 8.72. The predicted molar refractivity (Wildman–Crippen MR) is 94.0 cm³/mol. The second kappa shape index (κ2) is 5.46. The highest BCUT2D eigenvalue weighted by Gasteiger charge is 2.50. The number of halogens is 1. The van der Waals surface area contributed by atoms with Crippen LogP contribution >= 0.6 is 15.9 Å². The quantitative estimate of drug-likeness (QED) is 0.533. The second-order valence-electron chi connectivity index (χ2n) is 5.95. The Hall–Kier alpha value is -2.60. The van der Waals surface area contributed by atoms with Crippen molar-refractivity contribution in [3.8, 4) is 17.2 Å². The van der Waals surface area contributed by atoms with Crippen LogP contribution in [0, 0.1) is 6.92 Å². The van der Waals surface area contributed by atoms with E-state index in [1.54, 1.807) is 36.4 Å². The predicted octanol–water partition coefficient (Wildman–Crippen LogP) is 4.06. The van der Waals surface area contributed by atoms with Crippen LogP contribution in [-0.2, 0) is 4.79 Å². The van der Waals surface area contributed by atoms with Crippen LogP contribution < -0.4 is 14.2 Å². The zero-order chi connectivity index (χ0) is 17.8. The van der Waals surface area contributed by atoms with Crippen molar-refractivity contribution >= 4 is 33.8 Å². The zero-order valence-electron chi connectivity index (χ0n) is 13.5. The molecule has 6 heteroatoms. The lowest BCUT2D eigenvalue weighted by molar-refractivity contribution is -0.131. The average Bonchev–Trinajstić information content (AvgIpc) is 2.80. The zero-order valence-corrected chi connectivity index (χ0v) is 15.0. The van der Waals surface area contributed by atoms with Gasteiger partial charge in [0.15, 0.2) is 0 Å². The van der Waals surface area contributed by atoms with Crippen LogP contribution in [0.15, 0.2) is 40.9 Å². The molecule has 4 rings (SSSR count). The molecule has 0 amide bonds. The first-order valence-electron chi connectivity index (χ1n) is 7.63. The van der Waals surface area contributed by atoms with Crippen molar-refractivity contribution in [2.75, 3.05) is 0 Å². The molecule has 5 nitrogen and oxygen atoms in total. The van der Waals surface area contributed by atoms with Gasteiger partial charge in [-0.25, -0.2) is 0 Å². The summed E-state index contributed by atoms with van der Waals surface area (Å²) in [7, 11) is 0. The molecule has 1 spiro atoms. The number of hydrogen-bond donors (Lipinski definition) is 0. The van der Waals surface area contributed by atoms with Crippen molar-refractivity contribution in [3.05, 3.63) is 57.6 Å². The summed E-state index contributed by atoms with van der Waals surface area (Å²) in [6.45, 7) is 3.24. The van der Waals surface area contributed by atoms with E-state index in [0.29, 0.717) is 27.3 Å². The summed E-state index contributed by atoms with van der Waals surface area (Å²) in [5.41, 5.74) is 2.22. The summed E-state index contributed by atoms with van der Waals surface area (Å²) in [6.07, 6.45) is 3.36. The molecule has 1 unspecified atom stereocenters. The van der Waals surface area contributed by atoms with Crippen LogP contribution in [0.25, 0.3) is 6.08 Å². The van der Waals surface area contributed by atoms with Crippen molar-refractivity contribution in [3.63, 3.8) is 0 Å². The molecule has 25 heavy (non-hydrogen) atoms. The molecule has 2 aliphatic heterocycles. The molecule has 0 fully saturated rings. The summed E-state index contributed by atoms with van der Waals surface area (Å²) in [5.74, 6) is -1.02. The van der Waals surface area contributed by atoms with E-state index in [-0.39, 0.29) is 5.78 Å². The molecule has 126 valence electrons. The number of carbonyl (C=O) groups excluding carboxylic acids is 2. The van der Waals surface area contributed by atoms with Crippen molar-refractivity contribution in [1.29, 1.82) is 0 Å². The number of ether oxygens (including phenoxy) is 3. The molecule has 2 aromatic carbocycles. The summed E-state index contributed by atoms with van der Waals surface area (Å²) >= 11 is 3.36. The van der Waals surface area contributed by atoms with Gasteiger partial charge < -0.3 is 14.2 Å². The second-order valence-corrected chi connectivity index (χ2v) is 6.80. The van der Waals surface area contributed by atoms with Gasteiger partial charge in [-0.3, -0.25) is 9.59 Å². The highest BCUT2D eigenvalue weighted by atomic mass is 79.9. The Morgan fingerprint density at radius 1 is 1.16 bits per heavy atom. The normalized spacial score (nSPS) is 19.9. The fourth-order valence-corrected chi connectivity index (χ4v) is 3.32. The minimum Gasteiger partial charge on any atom is -0.441 e. The van der Waals surface area contributed by atoms with Crippen molar-refractivity contribution in [1.82, 2.24) is 0 Å². The number of ketones is 1. The highest BCUT2D eigenvalue weighted by molar-refractivity contribution is 9.10. The molecule has 0 aromatic heterocycles. The Balaban J connectivity index is 1.74. The molecule has 0 radical (unpaired) electrons. The number of rotatable bonds is 1. The first kappa shape index (κ1) is 15.9. The number of carbonyl (C=O) groups is 2. The molecular formula is C19H13BrO5. The Morgan fingerprint density at radius 2 is 1.92 bits per heavy atom. The van der Waals surface area contributed by atoms with E-state index in [4.69, 9.17) is 14.2 Å². The third kappa shape index (κ3) is 2.53. The molecular weight excluding hydrogens is 388 g/mol. The van der Waals surface area contributed by atoms with E-state index in [9.17, 15) is 9.59 Å². The van der Waals surface area contributed by atoms with E-state index >= 15 is 0 Å². The molecule has 2 heterocycles. The van der Waals surface area contributed by atoms with Gasteiger partial charge in [0.1, 0.15) is 17.2 Å². The summed E-state index contributed by atoms with van der Waals surface area (Å²) in [5, 5.41) is 0. The minimum absolute atomic E-state index is 0.263. The van der Waals surface area contributed by atoms with E-state index in [1.165, 1.54) is 6.92 Å². The van der Waals surface area contributed by atoms with Gasteiger partial charge in [0.2, 0.25) is 0 Å².